The van der Waals surface area contributed by atoms with E-state index in [0.29, 0.717) is 0 Å². The second-order valence-electron chi connectivity index (χ2n) is 6.23. The number of nitrogens with one attached hydrogen (secondary N) is 1. The van der Waals surface area contributed by atoms with Gasteiger partial charge in [0, 0.05) is 31.9 Å². The minimum absolute atomic E-state index is 0.0160. The Kier molecular flexibility index (Phi) is 6.21. The molecule has 1 fully saturated rings. The van der Waals surface area contributed by atoms with Gasteiger partial charge in [-0.15, -0.1) is 0 Å². The number of anilines is 1. The number of aryl methyl sites for hydroxylation is 1. The van der Waals surface area contributed by atoms with Crippen molar-refractivity contribution in [3.8, 4) is 0 Å². The van der Waals surface area contributed by atoms with E-state index in [1.165, 1.54) is 6.42 Å². The molecular weight excluding hydrogens is 276 g/mol. The van der Waals surface area contributed by atoms with E-state index in [0.717, 1.165) is 50.5 Å². The van der Waals surface area contributed by atoms with Crippen LogP contribution in [0.5, 0.6) is 0 Å². The molecule has 2 amide bonds. The van der Waals surface area contributed by atoms with Crippen LogP contribution in [0.1, 0.15) is 12.0 Å². The third kappa shape index (κ3) is 5.00. The highest BCUT2D eigenvalue weighted by Gasteiger charge is 2.21. The summed E-state index contributed by atoms with van der Waals surface area (Å²) in [5.41, 5.74) is 2.00. The van der Waals surface area contributed by atoms with Crippen molar-refractivity contribution in [3.63, 3.8) is 0 Å². The monoisotopic (exact) mass is 304 g/mol. The molecule has 0 aromatic heterocycles. The zero-order chi connectivity index (χ0) is 15.9. The lowest BCUT2D eigenvalue weighted by Crippen LogP contribution is -2.50. The minimum atomic E-state index is 0.0160. The molecule has 1 aromatic rings. The third-order valence-electron chi connectivity index (χ3n) is 4.13. The molecule has 22 heavy (non-hydrogen) atoms. The first kappa shape index (κ1) is 16.8. The van der Waals surface area contributed by atoms with Gasteiger partial charge in [0.25, 0.3) is 0 Å². The van der Waals surface area contributed by atoms with Crippen LogP contribution in [0.15, 0.2) is 24.3 Å². The van der Waals surface area contributed by atoms with Gasteiger partial charge in [0.15, 0.2) is 0 Å². The maximum Gasteiger partial charge on any atom is 0.321 e. The van der Waals surface area contributed by atoms with Gasteiger partial charge < -0.3 is 15.1 Å². The smallest absolute Gasteiger partial charge is 0.321 e. The molecule has 1 saturated heterocycles. The van der Waals surface area contributed by atoms with E-state index < -0.39 is 0 Å². The number of rotatable bonds is 5. The Hall–Kier alpha value is -1.59. The summed E-state index contributed by atoms with van der Waals surface area (Å²) in [6.45, 7) is 7.79. The highest BCUT2D eigenvalue weighted by molar-refractivity contribution is 5.90. The molecule has 5 nitrogen and oxygen atoms in total. The zero-order valence-electron chi connectivity index (χ0n) is 14.0. The summed E-state index contributed by atoms with van der Waals surface area (Å²) in [5.74, 6) is 0. The topological polar surface area (TPSA) is 38.8 Å². The Bertz CT molecular complexity index is 481. The molecule has 0 radical (unpaired) electrons. The van der Waals surface area contributed by atoms with Gasteiger partial charge in [-0.1, -0.05) is 18.2 Å². The van der Waals surface area contributed by atoms with Gasteiger partial charge in [-0.2, -0.15) is 0 Å². The van der Waals surface area contributed by atoms with Crippen molar-refractivity contribution < 1.29 is 4.79 Å². The van der Waals surface area contributed by atoms with E-state index in [1.54, 1.807) is 0 Å². The van der Waals surface area contributed by atoms with E-state index >= 15 is 0 Å². The maximum atomic E-state index is 12.3. The fourth-order valence-corrected chi connectivity index (χ4v) is 2.69. The average molecular weight is 304 g/mol. The maximum absolute atomic E-state index is 12.3. The summed E-state index contributed by atoms with van der Waals surface area (Å²) in [6.07, 6.45) is 1.18. The van der Waals surface area contributed by atoms with Crippen molar-refractivity contribution in [2.75, 3.05) is 58.7 Å². The van der Waals surface area contributed by atoms with Gasteiger partial charge in [-0.05, 0) is 52.2 Å². The normalized spacial score (nSPS) is 16.1. The quantitative estimate of drug-likeness (QED) is 0.905. The van der Waals surface area contributed by atoms with Crippen molar-refractivity contribution in [1.29, 1.82) is 0 Å². The summed E-state index contributed by atoms with van der Waals surface area (Å²) >= 11 is 0. The molecule has 2 rings (SSSR count). The number of nitrogens with zero attached hydrogens (tertiary/aromatic N) is 3. The van der Waals surface area contributed by atoms with Crippen molar-refractivity contribution in [3.05, 3.63) is 29.8 Å². The lowest BCUT2D eigenvalue weighted by molar-refractivity contribution is 0.144. The zero-order valence-corrected chi connectivity index (χ0v) is 14.0. The largest absolute Gasteiger partial charge is 0.322 e. The number of amides is 2. The third-order valence-corrected chi connectivity index (χ3v) is 4.13. The summed E-state index contributed by atoms with van der Waals surface area (Å²) in [6, 6.07) is 7.91. The molecule has 1 aromatic carbocycles. The van der Waals surface area contributed by atoms with Crippen LogP contribution in [0, 0.1) is 6.92 Å². The fourth-order valence-electron chi connectivity index (χ4n) is 2.69. The molecule has 1 N–H and O–H groups in total. The number of carbonyl (C=O) groups excluding carboxylic acids is 1. The number of benzene rings is 1. The van der Waals surface area contributed by atoms with Crippen molar-refractivity contribution in [1.82, 2.24) is 14.7 Å². The predicted molar refractivity (Wildman–Crippen MR) is 91.4 cm³/mol. The van der Waals surface area contributed by atoms with E-state index in [-0.39, 0.29) is 6.03 Å². The Balaban J connectivity index is 1.74. The molecule has 0 aliphatic carbocycles. The highest BCUT2D eigenvalue weighted by Crippen LogP contribution is 2.14. The molecule has 0 unspecified atom stereocenters. The van der Waals surface area contributed by atoms with Crippen LogP contribution in [0.4, 0.5) is 10.5 Å². The van der Waals surface area contributed by atoms with Crippen LogP contribution < -0.4 is 5.32 Å². The lowest BCUT2D eigenvalue weighted by Gasteiger charge is -2.35. The molecule has 0 atom stereocenters. The van der Waals surface area contributed by atoms with Crippen LogP contribution in [0.2, 0.25) is 0 Å². The molecule has 0 saturated carbocycles. The van der Waals surface area contributed by atoms with Gasteiger partial charge in [0.2, 0.25) is 0 Å². The van der Waals surface area contributed by atoms with Crippen molar-refractivity contribution in [2.45, 2.75) is 13.3 Å². The molecule has 5 heteroatoms. The molecule has 1 aliphatic heterocycles. The number of hydrogen-bond acceptors (Lipinski definition) is 3. The molecule has 0 bridgehead atoms. The number of piperazine rings is 1. The molecule has 1 aliphatic rings. The standard InChI is InChI=1S/C17H28N4O/c1-15-7-4-5-8-16(15)18-17(22)21-13-11-20(12-14-21)10-6-9-19(2)3/h4-5,7-8H,6,9-14H2,1-3H3,(H,18,22). The molecular formula is C17H28N4O. The van der Waals surface area contributed by atoms with Gasteiger partial charge >= 0.3 is 6.03 Å². The summed E-state index contributed by atoms with van der Waals surface area (Å²) in [4.78, 5) is 18.9. The van der Waals surface area contributed by atoms with Crippen LogP contribution in [0.25, 0.3) is 0 Å². The lowest BCUT2D eigenvalue weighted by atomic mass is 10.2. The van der Waals surface area contributed by atoms with Gasteiger partial charge in [0.1, 0.15) is 0 Å². The van der Waals surface area contributed by atoms with Crippen molar-refractivity contribution in [2.24, 2.45) is 0 Å². The fraction of sp³-hybridized carbons (Fsp3) is 0.588. The Morgan fingerprint density at radius 2 is 1.86 bits per heavy atom. The van der Waals surface area contributed by atoms with E-state index in [4.69, 9.17) is 0 Å². The van der Waals surface area contributed by atoms with E-state index in [1.807, 2.05) is 36.1 Å². The second kappa shape index (κ2) is 8.15. The number of urea groups is 1. The van der Waals surface area contributed by atoms with E-state index in [2.05, 4.69) is 29.2 Å². The molecule has 122 valence electrons. The average Bonchev–Trinajstić information content (AvgIpc) is 2.50. The molecule has 0 spiro atoms. The first-order valence-electron chi connectivity index (χ1n) is 8.05. The summed E-state index contributed by atoms with van der Waals surface area (Å²) in [5, 5.41) is 3.01. The predicted octanol–water partition coefficient (Wildman–Crippen LogP) is 2.10. The number of carbonyl (C=O) groups is 1. The van der Waals surface area contributed by atoms with Gasteiger partial charge in [-0.3, -0.25) is 4.90 Å². The summed E-state index contributed by atoms with van der Waals surface area (Å²) < 4.78 is 0. The van der Waals surface area contributed by atoms with Crippen molar-refractivity contribution >= 4 is 11.7 Å². The van der Waals surface area contributed by atoms with Crippen LogP contribution >= 0.6 is 0 Å². The van der Waals surface area contributed by atoms with E-state index in [9.17, 15) is 4.79 Å². The second-order valence-corrected chi connectivity index (χ2v) is 6.23. The number of hydrogen-bond donors (Lipinski definition) is 1. The summed E-state index contributed by atoms with van der Waals surface area (Å²) in [7, 11) is 4.21. The Labute approximate surface area is 133 Å². The first-order chi connectivity index (χ1) is 10.6. The number of para-hydroxylation sites is 1. The van der Waals surface area contributed by atoms with Crippen LogP contribution in [-0.2, 0) is 0 Å². The SMILES string of the molecule is Cc1ccccc1NC(=O)N1CCN(CCCN(C)C)CC1. The first-order valence-corrected chi connectivity index (χ1v) is 8.05. The van der Waals surface area contributed by atoms with Gasteiger partial charge in [-0.25, -0.2) is 4.79 Å². The van der Waals surface area contributed by atoms with Crippen LogP contribution in [0.3, 0.4) is 0 Å². The highest BCUT2D eigenvalue weighted by atomic mass is 16.2. The Morgan fingerprint density at radius 1 is 1.18 bits per heavy atom. The molecule has 1 heterocycles. The minimum Gasteiger partial charge on any atom is -0.322 e. The Morgan fingerprint density at radius 3 is 2.50 bits per heavy atom. The van der Waals surface area contributed by atoms with Gasteiger partial charge in [0.05, 0.1) is 0 Å². The van der Waals surface area contributed by atoms with Crippen LogP contribution in [-0.4, -0.2) is 74.1 Å².